The molecule has 47 heavy (non-hydrogen) atoms. The first-order valence-electron chi connectivity index (χ1n) is 16.8. The van der Waals surface area contributed by atoms with Gasteiger partial charge in [-0.05, 0) is 56.4 Å². The van der Waals surface area contributed by atoms with E-state index in [-0.39, 0.29) is 54.2 Å². The zero-order valence-electron chi connectivity index (χ0n) is 27.1. The predicted molar refractivity (Wildman–Crippen MR) is 166 cm³/mol. The summed E-state index contributed by atoms with van der Waals surface area (Å²) in [6.45, 7) is 5.67. The van der Waals surface area contributed by atoms with E-state index in [9.17, 15) is 35.1 Å². The smallest absolute Gasteiger partial charge is 0.309 e. The minimum atomic E-state index is -2.29. The molecule has 1 amide bonds. The number of carbonyl (C=O) groups excluding carboxylic acids is 2. The minimum Gasteiger partial charge on any atom is -0.486 e. The van der Waals surface area contributed by atoms with Crippen LogP contribution in [0.5, 0.6) is 11.5 Å². The monoisotopic (exact) mass is 661 g/mol. The lowest BCUT2D eigenvalue weighted by molar-refractivity contribution is -0.323. The molecule has 2 fully saturated rings. The zero-order chi connectivity index (χ0) is 33.6. The summed E-state index contributed by atoms with van der Waals surface area (Å²) >= 11 is 0. The van der Waals surface area contributed by atoms with Crippen LogP contribution < -0.4 is 14.8 Å². The summed E-state index contributed by atoms with van der Waals surface area (Å²) in [6, 6.07) is 0. The highest BCUT2D eigenvalue weighted by Crippen LogP contribution is 2.57. The van der Waals surface area contributed by atoms with Crippen molar-refractivity contribution in [3.8, 4) is 11.5 Å². The molecule has 0 radical (unpaired) electrons. The Balaban J connectivity index is 1.55. The van der Waals surface area contributed by atoms with E-state index in [1.807, 2.05) is 0 Å². The molecule has 6 N–H and O–H groups in total. The van der Waals surface area contributed by atoms with Gasteiger partial charge in [0.2, 0.25) is 17.9 Å². The quantitative estimate of drug-likeness (QED) is 0.142. The van der Waals surface area contributed by atoms with E-state index in [2.05, 4.69) is 19.2 Å². The number of nitrogens with one attached hydrogen (secondary N) is 1. The minimum absolute atomic E-state index is 0.0501. The Morgan fingerprint density at radius 3 is 2.66 bits per heavy atom. The molecule has 1 aromatic heterocycles. The Hall–Kier alpha value is -2.94. The summed E-state index contributed by atoms with van der Waals surface area (Å²) in [5.74, 6) is -0.923. The van der Waals surface area contributed by atoms with E-state index < -0.39 is 55.8 Å². The van der Waals surface area contributed by atoms with Crippen LogP contribution in [0.1, 0.15) is 81.4 Å². The highest BCUT2D eigenvalue weighted by Gasteiger charge is 2.56. The lowest BCUT2D eigenvalue weighted by Gasteiger charge is -2.47. The summed E-state index contributed by atoms with van der Waals surface area (Å²) < 4.78 is 30.6. The number of furan rings is 1. The van der Waals surface area contributed by atoms with Gasteiger partial charge in [-0.2, -0.15) is 0 Å². The number of carbonyl (C=O) groups is 2. The highest BCUT2D eigenvalue weighted by atomic mass is 16.7. The number of ether oxygens (including phenoxy) is 4. The largest absolute Gasteiger partial charge is 0.486 e. The topological polar surface area (TPSA) is 197 Å². The van der Waals surface area contributed by atoms with E-state index in [4.69, 9.17) is 23.4 Å². The molecule has 13 nitrogen and oxygen atoms in total. The average Bonchev–Trinajstić information content (AvgIpc) is 3.59. The molecule has 2 saturated heterocycles. The highest BCUT2D eigenvalue weighted by molar-refractivity contribution is 5.97. The number of aliphatic hydroxyl groups excluding tert-OH is 4. The second-order valence-corrected chi connectivity index (χ2v) is 13.8. The van der Waals surface area contributed by atoms with Crippen molar-refractivity contribution < 1.29 is 58.5 Å². The maximum absolute atomic E-state index is 13.3. The van der Waals surface area contributed by atoms with Crippen molar-refractivity contribution in [1.82, 2.24) is 5.32 Å². The maximum atomic E-state index is 13.3. The standard InChI is InChI=1S/C34H47NO12/c1-4-43-32(41)18-10-17-11-19-21(13-35-31(19)40)22-15-45-28-25(22)24(17)20(12-18)27(29(28)44-9-5-6-16(2)3)47-33-34(42,7-8-36)30(39)26(38)23(14-37)46-33/h15-19,21,23,26,30,33,36-39,42H,4-14H2,1-3H3,(H,35,40). The summed E-state index contributed by atoms with van der Waals surface area (Å²) in [7, 11) is 0. The van der Waals surface area contributed by atoms with Gasteiger partial charge in [-0.1, -0.05) is 13.8 Å². The first-order valence-corrected chi connectivity index (χ1v) is 16.8. The summed E-state index contributed by atoms with van der Waals surface area (Å²) in [4.78, 5) is 26.4. The lowest BCUT2D eigenvalue weighted by atomic mass is 9.72. The van der Waals surface area contributed by atoms with Gasteiger partial charge in [-0.25, -0.2) is 0 Å². The number of aliphatic hydroxyl groups is 5. The van der Waals surface area contributed by atoms with Crippen LogP contribution in [0.2, 0.25) is 0 Å². The average molecular weight is 662 g/mol. The van der Waals surface area contributed by atoms with E-state index in [0.717, 1.165) is 22.9 Å². The molecule has 2 aliphatic heterocycles. The number of hydrogen-bond acceptors (Lipinski definition) is 12. The third-order valence-corrected chi connectivity index (χ3v) is 10.4. The van der Waals surface area contributed by atoms with E-state index in [0.29, 0.717) is 49.5 Å². The van der Waals surface area contributed by atoms with Crippen molar-refractivity contribution in [3.05, 3.63) is 23.0 Å². The van der Waals surface area contributed by atoms with Crippen LogP contribution in [0.25, 0.3) is 11.0 Å². The van der Waals surface area contributed by atoms with Gasteiger partial charge in [0.1, 0.15) is 18.3 Å². The van der Waals surface area contributed by atoms with Crippen LogP contribution in [0, 0.1) is 17.8 Å². The van der Waals surface area contributed by atoms with Gasteiger partial charge >= 0.3 is 5.97 Å². The van der Waals surface area contributed by atoms with Gasteiger partial charge in [0.25, 0.3) is 0 Å². The molecule has 1 aromatic carbocycles. The third-order valence-electron chi connectivity index (χ3n) is 10.4. The van der Waals surface area contributed by atoms with Crippen molar-refractivity contribution in [1.29, 1.82) is 0 Å². The Morgan fingerprint density at radius 1 is 1.17 bits per heavy atom. The van der Waals surface area contributed by atoms with Crippen LogP contribution in [0.15, 0.2) is 10.7 Å². The zero-order valence-corrected chi connectivity index (χ0v) is 27.1. The predicted octanol–water partition coefficient (Wildman–Crippen LogP) is 1.62. The van der Waals surface area contributed by atoms with Gasteiger partial charge < -0.3 is 54.2 Å². The van der Waals surface area contributed by atoms with Crippen LogP contribution >= 0.6 is 0 Å². The van der Waals surface area contributed by atoms with Crippen molar-refractivity contribution in [2.24, 2.45) is 17.8 Å². The van der Waals surface area contributed by atoms with E-state index >= 15 is 0 Å². The molecule has 260 valence electrons. The lowest BCUT2D eigenvalue weighted by Crippen LogP contribution is -2.68. The number of fused-ring (bicyclic) bond motifs is 2. The van der Waals surface area contributed by atoms with E-state index in [1.54, 1.807) is 13.2 Å². The number of benzene rings is 1. The first-order chi connectivity index (χ1) is 22.5. The van der Waals surface area contributed by atoms with E-state index in [1.165, 1.54) is 0 Å². The van der Waals surface area contributed by atoms with Gasteiger partial charge in [-0.15, -0.1) is 0 Å². The third kappa shape index (κ3) is 5.89. The fourth-order valence-corrected chi connectivity index (χ4v) is 8.02. The van der Waals surface area contributed by atoms with Gasteiger partial charge in [0, 0.05) is 47.9 Å². The summed E-state index contributed by atoms with van der Waals surface area (Å²) in [6.07, 6.45) is -2.49. The fraction of sp³-hybridized carbons (Fsp3) is 0.706. The summed E-state index contributed by atoms with van der Waals surface area (Å²) in [5, 5.41) is 57.0. The van der Waals surface area contributed by atoms with Crippen molar-refractivity contribution in [3.63, 3.8) is 0 Å². The fourth-order valence-electron chi connectivity index (χ4n) is 8.02. The van der Waals surface area contributed by atoms with Crippen LogP contribution in [0.4, 0.5) is 0 Å². The second kappa shape index (κ2) is 13.5. The Kier molecular flexibility index (Phi) is 9.76. The maximum Gasteiger partial charge on any atom is 0.309 e. The molecule has 3 heterocycles. The Morgan fingerprint density at radius 2 is 1.96 bits per heavy atom. The number of amides is 1. The molecule has 0 saturated carbocycles. The second-order valence-electron chi connectivity index (χ2n) is 13.8. The molecule has 4 aliphatic rings. The number of esters is 1. The SMILES string of the molecule is CCOC(=O)C1Cc2c(OC3OC(CO)C(O)C(O)C3(O)CCO)c(OCCCC(C)C)c3occ4c3c2C(C1)CC1C(=O)NCC41. The molecule has 2 aromatic rings. The molecule has 0 spiro atoms. The van der Waals surface area contributed by atoms with Crippen LogP contribution in [0.3, 0.4) is 0 Å². The molecule has 9 unspecified atom stereocenters. The van der Waals surface area contributed by atoms with Crippen molar-refractivity contribution in [2.75, 3.05) is 33.0 Å². The Bertz CT molecular complexity index is 1470. The van der Waals surface area contributed by atoms with Crippen LogP contribution in [-0.4, -0.2) is 101 Å². The summed E-state index contributed by atoms with van der Waals surface area (Å²) in [5.41, 5.74) is 0.475. The van der Waals surface area contributed by atoms with Gasteiger partial charge in [0.05, 0.1) is 32.0 Å². The molecule has 13 heteroatoms. The molecule has 2 aliphatic carbocycles. The van der Waals surface area contributed by atoms with Crippen LogP contribution in [-0.2, 0) is 25.5 Å². The molecular formula is C34H47NO12. The van der Waals surface area contributed by atoms with Crippen molar-refractivity contribution in [2.45, 2.75) is 101 Å². The first kappa shape index (κ1) is 33.9. The molecular weight excluding hydrogens is 614 g/mol. The molecule has 0 bridgehead atoms. The van der Waals surface area contributed by atoms with Crippen molar-refractivity contribution >= 4 is 22.8 Å². The Labute approximate surface area is 273 Å². The number of rotatable bonds is 12. The van der Waals surface area contributed by atoms with Gasteiger partial charge in [0.15, 0.2) is 16.9 Å². The normalized spacial score (nSPS) is 33.0. The molecule has 6 rings (SSSR count). The number of hydrogen-bond donors (Lipinski definition) is 6. The van der Waals surface area contributed by atoms with Gasteiger partial charge in [-0.3, -0.25) is 9.59 Å². The molecule has 9 atom stereocenters.